The Hall–Kier alpha value is -3.82. The summed E-state index contributed by atoms with van der Waals surface area (Å²) in [6.45, 7) is 2.48. The molecule has 10 nitrogen and oxygen atoms in total. The number of aromatic nitrogens is 2. The number of hydrogen-bond acceptors (Lipinski definition) is 6. The van der Waals surface area contributed by atoms with Crippen LogP contribution >= 0.6 is 0 Å². The third-order valence-electron chi connectivity index (χ3n) is 3.04. The summed E-state index contributed by atoms with van der Waals surface area (Å²) in [6.07, 6.45) is 2.80. The van der Waals surface area contributed by atoms with Gasteiger partial charge >= 0.3 is 0 Å². The number of rotatable bonds is 3. The van der Waals surface area contributed by atoms with Crippen molar-refractivity contribution in [2.24, 2.45) is 0 Å². The van der Waals surface area contributed by atoms with E-state index in [2.05, 4.69) is 31.7 Å². The van der Waals surface area contributed by atoms with Gasteiger partial charge in [-0.1, -0.05) is 12.1 Å². The molecule has 2 aromatic rings. The highest BCUT2D eigenvalue weighted by Gasteiger charge is 2.20. The summed E-state index contributed by atoms with van der Waals surface area (Å²) in [5, 5.41) is 0. The first kappa shape index (κ1) is 18.5. The second-order valence-corrected chi connectivity index (χ2v) is 5.07. The second kappa shape index (κ2) is 8.33. The van der Waals surface area contributed by atoms with Crippen molar-refractivity contribution >= 4 is 23.6 Å². The molecular formula is C16H16N6O4. The summed E-state index contributed by atoms with van der Waals surface area (Å²) in [5.41, 5.74) is 9.42. The number of nitrogens with one attached hydrogen (secondary N) is 4. The van der Waals surface area contributed by atoms with Crippen molar-refractivity contribution in [2.45, 2.75) is 13.8 Å². The van der Waals surface area contributed by atoms with E-state index in [-0.39, 0.29) is 11.4 Å². The summed E-state index contributed by atoms with van der Waals surface area (Å²) < 4.78 is 0. The van der Waals surface area contributed by atoms with Gasteiger partial charge < -0.3 is 0 Å². The first-order valence-electron chi connectivity index (χ1n) is 7.44. The van der Waals surface area contributed by atoms with Crippen molar-refractivity contribution in [3.63, 3.8) is 0 Å². The molecule has 26 heavy (non-hydrogen) atoms. The van der Waals surface area contributed by atoms with E-state index in [9.17, 15) is 19.2 Å². The number of carbonyl (C=O) groups is 4. The number of pyridine rings is 2. The molecule has 0 spiro atoms. The maximum Gasteiger partial charge on any atom is 0.288 e. The number of hydrogen-bond donors (Lipinski definition) is 4. The van der Waals surface area contributed by atoms with Gasteiger partial charge in [-0.05, 0) is 12.1 Å². The maximum atomic E-state index is 12.3. The highest BCUT2D eigenvalue weighted by molar-refractivity contribution is 6.04. The Kier molecular flexibility index (Phi) is 5.93. The molecule has 0 fully saturated rings. The predicted molar refractivity (Wildman–Crippen MR) is 90.0 cm³/mol. The minimum absolute atomic E-state index is 0.0113. The monoisotopic (exact) mass is 356 g/mol. The highest BCUT2D eigenvalue weighted by Crippen LogP contribution is 2.24. The topological polar surface area (TPSA) is 142 Å². The standard InChI is InChI=1S/C16H16N6O4/c1-9(23)19-21-15(25)13-11(5-3-7-17-13)12-6-4-8-18-14(12)16(26)22-20-10(2)24/h3-8H,1-2H3,(H,19,23)(H,20,24)(H,21,25)(H,22,26). The molecule has 0 aromatic carbocycles. The Bertz CT molecular complexity index is 796. The molecule has 4 N–H and O–H groups in total. The molecule has 2 rings (SSSR count). The number of carbonyl (C=O) groups excluding carboxylic acids is 4. The third kappa shape index (κ3) is 4.60. The average molecular weight is 356 g/mol. The van der Waals surface area contributed by atoms with E-state index in [1.165, 1.54) is 26.2 Å². The molecule has 2 heterocycles. The van der Waals surface area contributed by atoms with Crippen molar-refractivity contribution in [1.29, 1.82) is 0 Å². The number of nitrogens with zero attached hydrogens (tertiary/aromatic N) is 2. The average Bonchev–Trinajstić information content (AvgIpc) is 2.64. The van der Waals surface area contributed by atoms with Gasteiger partial charge in [0.2, 0.25) is 11.8 Å². The van der Waals surface area contributed by atoms with Gasteiger partial charge in [-0.25, -0.2) is 0 Å². The lowest BCUT2D eigenvalue weighted by molar-refractivity contribution is -0.120. The zero-order valence-electron chi connectivity index (χ0n) is 14.0. The molecule has 4 amide bonds. The zero-order valence-corrected chi connectivity index (χ0v) is 14.0. The van der Waals surface area contributed by atoms with Gasteiger partial charge in [-0.15, -0.1) is 0 Å². The summed E-state index contributed by atoms with van der Waals surface area (Å²) in [6, 6.07) is 6.35. The molecule has 134 valence electrons. The van der Waals surface area contributed by atoms with Crippen molar-refractivity contribution in [1.82, 2.24) is 31.7 Å². The Balaban J connectivity index is 2.40. The van der Waals surface area contributed by atoms with E-state index >= 15 is 0 Å². The van der Waals surface area contributed by atoms with Crippen molar-refractivity contribution in [3.05, 3.63) is 48.0 Å². The smallest absolute Gasteiger partial charge is 0.274 e. The van der Waals surface area contributed by atoms with Crippen LogP contribution in [-0.2, 0) is 9.59 Å². The minimum Gasteiger partial charge on any atom is -0.274 e. The summed E-state index contributed by atoms with van der Waals surface area (Å²) in [7, 11) is 0. The van der Waals surface area contributed by atoms with E-state index in [0.29, 0.717) is 11.1 Å². The van der Waals surface area contributed by atoms with Crippen molar-refractivity contribution in [2.75, 3.05) is 0 Å². The predicted octanol–water partition coefficient (Wildman–Crippen LogP) is -0.295. The van der Waals surface area contributed by atoms with Gasteiger partial charge in [-0.2, -0.15) is 0 Å². The minimum atomic E-state index is -0.659. The van der Waals surface area contributed by atoms with Crippen molar-refractivity contribution < 1.29 is 19.2 Å². The van der Waals surface area contributed by atoms with E-state index in [1.54, 1.807) is 24.3 Å². The van der Waals surface area contributed by atoms with Crippen LogP contribution in [0.5, 0.6) is 0 Å². The van der Waals surface area contributed by atoms with E-state index in [1.807, 2.05) is 0 Å². The van der Waals surface area contributed by atoms with Gasteiger partial charge in [0.05, 0.1) is 0 Å². The van der Waals surface area contributed by atoms with Crippen LogP contribution < -0.4 is 21.7 Å². The molecular weight excluding hydrogens is 340 g/mol. The highest BCUT2D eigenvalue weighted by atomic mass is 16.2. The second-order valence-electron chi connectivity index (χ2n) is 5.07. The molecule has 2 aromatic heterocycles. The first-order valence-corrected chi connectivity index (χ1v) is 7.44. The van der Waals surface area contributed by atoms with Gasteiger partial charge in [-0.3, -0.25) is 50.8 Å². The molecule has 0 bridgehead atoms. The Morgan fingerprint density at radius 1 is 0.692 bits per heavy atom. The number of hydrazine groups is 2. The molecule has 0 aliphatic carbocycles. The molecule has 0 atom stereocenters. The van der Waals surface area contributed by atoms with Crippen LogP contribution in [-0.4, -0.2) is 33.6 Å². The quantitative estimate of drug-likeness (QED) is 0.557. The fourth-order valence-corrected chi connectivity index (χ4v) is 2.02. The fraction of sp³-hybridized carbons (Fsp3) is 0.125. The molecule has 0 unspecified atom stereocenters. The van der Waals surface area contributed by atoms with Gasteiger partial charge in [0, 0.05) is 37.4 Å². The molecule has 0 saturated heterocycles. The summed E-state index contributed by atoms with van der Waals surface area (Å²) in [4.78, 5) is 54.5. The third-order valence-corrected chi connectivity index (χ3v) is 3.04. The van der Waals surface area contributed by atoms with Gasteiger partial charge in [0.1, 0.15) is 11.4 Å². The van der Waals surface area contributed by atoms with Crippen molar-refractivity contribution in [3.8, 4) is 11.1 Å². The van der Waals surface area contributed by atoms with E-state index in [0.717, 1.165) is 0 Å². The van der Waals surface area contributed by atoms with Crippen LogP contribution in [0.4, 0.5) is 0 Å². The van der Waals surface area contributed by atoms with E-state index in [4.69, 9.17) is 0 Å². The summed E-state index contributed by atoms with van der Waals surface area (Å²) in [5.74, 6) is -2.22. The Morgan fingerprint density at radius 2 is 1.08 bits per heavy atom. The van der Waals surface area contributed by atoms with Crippen LogP contribution in [0.2, 0.25) is 0 Å². The lowest BCUT2D eigenvalue weighted by atomic mass is 10.0. The van der Waals surface area contributed by atoms with Gasteiger partial charge in [0.25, 0.3) is 11.8 Å². The maximum absolute atomic E-state index is 12.3. The lowest BCUT2D eigenvalue weighted by Crippen LogP contribution is -2.41. The largest absolute Gasteiger partial charge is 0.288 e. The lowest BCUT2D eigenvalue weighted by Gasteiger charge is -2.12. The molecule has 0 aliphatic heterocycles. The zero-order chi connectivity index (χ0) is 19.1. The van der Waals surface area contributed by atoms with Crippen LogP contribution in [0.25, 0.3) is 11.1 Å². The molecule has 0 saturated carbocycles. The van der Waals surface area contributed by atoms with Gasteiger partial charge in [0.15, 0.2) is 0 Å². The molecule has 0 aliphatic rings. The Morgan fingerprint density at radius 3 is 1.42 bits per heavy atom. The molecule has 0 radical (unpaired) electrons. The first-order chi connectivity index (χ1) is 12.4. The Labute approximate surface area is 148 Å². The van der Waals surface area contributed by atoms with Crippen LogP contribution in [0, 0.1) is 0 Å². The number of amides is 4. The normalized spacial score (nSPS) is 9.77. The molecule has 10 heteroatoms. The SMILES string of the molecule is CC(=O)NNC(=O)c1ncccc1-c1cccnc1C(=O)NNC(C)=O. The fourth-order valence-electron chi connectivity index (χ4n) is 2.02. The van der Waals surface area contributed by atoms with E-state index < -0.39 is 23.6 Å². The van der Waals surface area contributed by atoms with Crippen LogP contribution in [0.1, 0.15) is 34.8 Å². The summed E-state index contributed by atoms with van der Waals surface area (Å²) >= 11 is 0. The van der Waals surface area contributed by atoms with Crippen LogP contribution in [0.15, 0.2) is 36.7 Å². The van der Waals surface area contributed by atoms with Crippen LogP contribution in [0.3, 0.4) is 0 Å².